The van der Waals surface area contributed by atoms with Gasteiger partial charge in [0.1, 0.15) is 5.76 Å². The number of nitrogens with zero attached hydrogens (tertiary/aromatic N) is 1. The maximum atomic E-state index is 12.6. The third-order valence-corrected chi connectivity index (χ3v) is 3.01. The van der Waals surface area contributed by atoms with Gasteiger partial charge in [-0.15, -0.1) is 0 Å². The van der Waals surface area contributed by atoms with Gasteiger partial charge in [-0.25, -0.2) is 0 Å². The standard InChI is InChI=1S/C13H10ClF3N2O2/c1-2-8-6-11(19-21-8)12(20)18-10-5-7(13(15,16)17)3-4-9(10)14/h3-6H,2H2,1H3,(H,18,20). The predicted octanol–water partition coefficient (Wildman–Crippen LogP) is 4.16. The van der Waals surface area contributed by atoms with Gasteiger partial charge in [-0.05, 0) is 18.2 Å². The molecular weight excluding hydrogens is 309 g/mol. The first-order valence-electron chi connectivity index (χ1n) is 5.95. The zero-order chi connectivity index (χ0) is 15.6. The van der Waals surface area contributed by atoms with Crippen LogP contribution < -0.4 is 5.32 Å². The fourth-order valence-corrected chi connectivity index (χ4v) is 1.74. The molecule has 0 aliphatic rings. The average molecular weight is 319 g/mol. The summed E-state index contributed by atoms with van der Waals surface area (Å²) in [6.07, 6.45) is -3.97. The number of rotatable bonds is 3. The minimum absolute atomic E-state index is 0.00411. The molecule has 0 fully saturated rings. The van der Waals surface area contributed by atoms with Gasteiger partial charge in [-0.2, -0.15) is 13.2 Å². The Hall–Kier alpha value is -2.02. The Morgan fingerprint density at radius 1 is 1.38 bits per heavy atom. The zero-order valence-corrected chi connectivity index (χ0v) is 11.5. The van der Waals surface area contributed by atoms with Crippen molar-refractivity contribution in [2.24, 2.45) is 0 Å². The van der Waals surface area contributed by atoms with Crippen molar-refractivity contribution in [1.29, 1.82) is 0 Å². The van der Waals surface area contributed by atoms with E-state index in [2.05, 4.69) is 10.5 Å². The second kappa shape index (κ2) is 5.77. The topological polar surface area (TPSA) is 55.1 Å². The molecule has 2 aromatic rings. The molecule has 1 aromatic heterocycles. The van der Waals surface area contributed by atoms with Crippen molar-refractivity contribution in [3.63, 3.8) is 0 Å². The van der Waals surface area contributed by atoms with Gasteiger partial charge in [0.2, 0.25) is 0 Å². The first-order chi connectivity index (χ1) is 9.81. The lowest BCUT2D eigenvalue weighted by Gasteiger charge is -2.10. The van der Waals surface area contributed by atoms with Crippen LogP contribution in [0.2, 0.25) is 5.02 Å². The van der Waals surface area contributed by atoms with Crippen molar-refractivity contribution < 1.29 is 22.5 Å². The van der Waals surface area contributed by atoms with Gasteiger partial charge < -0.3 is 9.84 Å². The maximum absolute atomic E-state index is 12.6. The number of benzene rings is 1. The Labute approximate surface area is 122 Å². The number of alkyl halides is 3. The van der Waals surface area contributed by atoms with Crippen LogP contribution >= 0.6 is 11.6 Å². The SMILES string of the molecule is CCc1cc(C(=O)Nc2cc(C(F)(F)F)ccc2Cl)no1. The number of carbonyl (C=O) groups is 1. The molecule has 0 aliphatic carbocycles. The summed E-state index contributed by atoms with van der Waals surface area (Å²) in [5.74, 6) is -0.199. The molecule has 112 valence electrons. The molecule has 8 heteroatoms. The lowest BCUT2D eigenvalue weighted by Crippen LogP contribution is -2.14. The van der Waals surface area contributed by atoms with Crippen molar-refractivity contribution in [3.8, 4) is 0 Å². The number of nitrogens with one attached hydrogen (secondary N) is 1. The number of hydrogen-bond acceptors (Lipinski definition) is 3. The van der Waals surface area contributed by atoms with Gasteiger partial charge in [0, 0.05) is 12.5 Å². The van der Waals surface area contributed by atoms with E-state index in [0.29, 0.717) is 12.2 Å². The van der Waals surface area contributed by atoms with Crippen molar-refractivity contribution in [2.75, 3.05) is 5.32 Å². The number of anilines is 1. The van der Waals surface area contributed by atoms with E-state index in [1.54, 1.807) is 0 Å². The number of halogens is 4. The van der Waals surface area contributed by atoms with E-state index in [4.69, 9.17) is 16.1 Å². The number of amides is 1. The van der Waals surface area contributed by atoms with Crippen LogP contribution in [0, 0.1) is 0 Å². The first kappa shape index (κ1) is 15.4. The highest BCUT2D eigenvalue weighted by molar-refractivity contribution is 6.33. The number of aryl methyl sites for hydroxylation is 1. The van der Waals surface area contributed by atoms with Gasteiger partial charge in [0.05, 0.1) is 16.3 Å². The molecule has 1 N–H and O–H groups in total. The second-order valence-corrected chi connectivity index (χ2v) is 4.59. The van der Waals surface area contributed by atoms with Gasteiger partial charge >= 0.3 is 6.18 Å². The smallest absolute Gasteiger partial charge is 0.361 e. The Balaban J connectivity index is 2.24. The summed E-state index contributed by atoms with van der Waals surface area (Å²) in [5.41, 5.74) is -1.07. The Bertz CT molecular complexity index is 668. The van der Waals surface area contributed by atoms with E-state index in [1.807, 2.05) is 6.92 Å². The Morgan fingerprint density at radius 3 is 2.67 bits per heavy atom. The van der Waals surface area contributed by atoms with E-state index in [0.717, 1.165) is 18.2 Å². The van der Waals surface area contributed by atoms with Gasteiger partial charge in [-0.3, -0.25) is 4.79 Å². The molecule has 21 heavy (non-hydrogen) atoms. The molecule has 0 atom stereocenters. The van der Waals surface area contributed by atoms with Crippen molar-refractivity contribution in [3.05, 3.63) is 46.3 Å². The summed E-state index contributed by atoms with van der Waals surface area (Å²) in [4.78, 5) is 11.9. The molecule has 1 amide bonds. The molecule has 4 nitrogen and oxygen atoms in total. The summed E-state index contributed by atoms with van der Waals surface area (Å²) in [6, 6.07) is 4.08. The third kappa shape index (κ3) is 3.55. The maximum Gasteiger partial charge on any atom is 0.416 e. The van der Waals surface area contributed by atoms with Crippen LogP contribution in [0.1, 0.15) is 28.7 Å². The molecule has 0 radical (unpaired) electrons. The van der Waals surface area contributed by atoms with Crippen LogP contribution in [0.5, 0.6) is 0 Å². The fourth-order valence-electron chi connectivity index (χ4n) is 1.57. The first-order valence-corrected chi connectivity index (χ1v) is 6.32. The third-order valence-electron chi connectivity index (χ3n) is 2.68. The highest BCUT2D eigenvalue weighted by Crippen LogP contribution is 2.33. The molecule has 1 aromatic carbocycles. The van der Waals surface area contributed by atoms with Crippen LogP contribution in [0.4, 0.5) is 18.9 Å². The van der Waals surface area contributed by atoms with E-state index in [9.17, 15) is 18.0 Å². The monoisotopic (exact) mass is 318 g/mol. The van der Waals surface area contributed by atoms with Gasteiger partial charge in [0.15, 0.2) is 5.69 Å². The number of aromatic nitrogens is 1. The van der Waals surface area contributed by atoms with Gasteiger partial charge in [-0.1, -0.05) is 23.7 Å². The normalized spacial score (nSPS) is 11.5. The molecule has 0 saturated heterocycles. The van der Waals surface area contributed by atoms with E-state index >= 15 is 0 Å². The molecule has 0 unspecified atom stereocenters. The summed E-state index contributed by atoms with van der Waals surface area (Å²) < 4.78 is 42.7. The summed E-state index contributed by atoms with van der Waals surface area (Å²) in [7, 11) is 0. The predicted molar refractivity (Wildman–Crippen MR) is 70.3 cm³/mol. The van der Waals surface area contributed by atoms with Crippen molar-refractivity contribution in [2.45, 2.75) is 19.5 Å². The van der Waals surface area contributed by atoms with E-state index in [1.165, 1.54) is 6.07 Å². The highest BCUT2D eigenvalue weighted by Gasteiger charge is 2.31. The van der Waals surface area contributed by atoms with Crippen molar-refractivity contribution >= 4 is 23.2 Å². The van der Waals surface area contributed by atoms with E-state index in [-0.39, 0.29) is 16.4 Å². The largest absolute Gasteiger partial charge is 0.416 e. The molecular formula is C13H10ClF3N2O2. The summed E-state index contributed by atoms with van der Waals surface area (Å²) in [6.45, 7) is 1.81. The second-order valence-electron chi connectivity index (χ2n) is 4.18. The molecule has 1 heterocycles. The van der Waals surface area contributed by atoms with Crippen LogP contribution in [-0.2, 0) is 12.6 Å². The van der Waals surface area contributed by atoms with Crippen LogP contribution in [0.25, 0.3) is 0 Å². The quantitative estimate of drug-likeness (QED) is 0.924. The molecule has 0 spiro atoms. The average Bonchev–Trinajstić information content (AvgIpc) is 2.88. The highest BCUT2D eigenvalue weighted by atomic mass is 35.5. The van der Waals surface area contributed by atoms with Crippen LogP contribution in [-0.4, -0.2) is 11.1 Å². The lowest BCUT2D eigenvalue weighted by molar-refractivity contribution is -0.137. The fraction of sp³-hybridized carbons (Fsp3) is 0.231. The molecule has 0 bridgehead atoms. The Morgan fingerprint density at radius 2 is 2.10 bits per heavy atom. The summed E-state index contributed by atoms with van der Waals surface area (Å²) in [5, 5.41) is 5.81. The zero-order valence-electron chi connectivity index (χ0n) is 10.8. The number of hydrogen-bond donors (Lipinski definition) is 1. The number of carbonyl (C=O) groups excluding carboxylic acids is 1. The molecule has 2 rings (SSSR count). The van der Waals surface area contributed by atoms with Crippen LogP contribution in [0.15, 0.2) is 28.8 Å². The Kier molecular flexibility index (Phi) is 4.22. The lowest BCUT2D eigenvalue weighted by atomic mass is 10.2. The van der Waals surface area contributed by atoms with Crippen molar-refractivity contribution in [1.82, 2.24) is 5.16 Å². The van der Waals surface area contributed by atoms with Gasteiger partial charge in [0.25, 0.3) is 5.91 Å². The minimum Gasteiger partial charge on any atom is -0.361 e. The minimum atomic E-state index is -4.52. The molecule has 0 aliphatic heterocycles. The van der Waals surface area contributed by atoms with E-state index < -0.39 is 17.6 Å². The van der Waals surface area contributed by atoms with Crippen LogP contribution in [0.3, 0.4) is 0 Å². The summed E-state index contributed by atoms with van der Waals surface area (Å²) >= 11 is 5.78. The molecule has 0 saturated carbocycles.